The second-order valence-corrected chi connectivity index (χ2v) is 8.27. The molecule has 1 unspecified atom stereocenters. The number of carbonyl (C=O) groups excluding carboxylic acids is 1. The van der Waals surface area contributed by atoms with E-state index in [0.717, 1.165) is 24.1 Å². The minimum atomic E-state index is -0.324. The number of nitrogens with zero attached hydrogens (tertiary/aromatic N) is 6. The number of aromatic nitrogens is 6. The van der Waals surface area contributed by atoms with Gasteiger partial charge in [-0.15, -0.1) is 0 Å². The lowest BCUT2D eigenvalue weighted by Crippen LogP contribution is -2.27. The Morgan fingerprint density at radius 1 is 1.22 bits per heavy atom. The van der Waals surface area contributed by atoms with Gasteiger partial charge >= 0.3 is 0 Å². The van der Waals surface area contributed by atoms with Gasteiger partial charge in [-0.1, -0.05) is 11.2 Å². The maximum Gasteiger partial charge on any atom is 0.279 e. The summed E-state index contributed by atoms with van der Waals surface area (Å²) in [5, 5.41) is 17.5. The molecule has 0 saturated carbocycles. The molecule has 12 nitrogen and oxygen atoms in total. The van der Waals surface area contributed by atoms with E-state index < -0.39 is 0 Å². The average molecular weight is 483 g/mol. The molecule has 0 aromatic carbocycles. The lowest BCUT2D eigenvalue weighted by atomic mass is 10.2. The first-order valence-corrected chi connectivity index (χ1v) is 11.3. The normalized spacial score (nSPS) is 14.5. The number of fused-ring (bicyclic) bond motifs is 2. The molecule has 5 aromatic heterocycles. The lowest BCUT2D eigenvalue weighted by molar-refractivity contribution is 0.0936. The third kappa shape index (κ3) is 3.64. The van der Waals surface area contributed by atoms with Crippen LogP contribution in [0.4, 0.5) is 17.3 Å². The molecule has 5 heterocycles. The molecule has 0 radical (unpaired) electrons. The summed E-state index contributed by atoms with van der Waals surface area (Å²) in [6, 6.07) is 10.2. The molecule has 1 aliphatic carbocycles. The van der Waals surface area contributed by atoms with Crippen molar-refractivity contribution in [2.75, 3.05) is 17.7 Å². The molecule has 0 aliphatic heterocycles. The number of carbonyl (C=O) groups is 1. The number of anilines is 3. The van der Waals surface area contributed by atoms with E-state index in [0.29, 0.717) is 34.4 Å². The number of hydrogen-bond acceptors (Lipinski definition) is 9. The van der Waals surface area contributed by atoms with Gasteiger partial charge in [0, 0.05) is 31.1 Å². The quantitative estimate of drug-likeness (QED) is 0.332. The minimum absolute atomic E-state index is 0.235. The number of amides is 1. The minimum Gasteiger partial charge on any atom is -0.373 e. The first-order chi connectivity index (χ1) is 17.6. The number of pyridine rings is 2. The Bertz CT molecular complexity index is 1640. The van der Waals surface area contributed by atoms with Crippen LogP contribution in [0.25, 0.3) is 11.5 Å². The summed E-state index contributed by atoms with van der Waals surface area (Å²) in [5.41, 5.74) is 2.39. The largest absolute Gasteiger partial charge is 0.373 e. The first-order valence-electron chi connectivity index (χ1n) is 11.3. The van der Waals surface area contributed by atoms with Crippen molar-refractivity contribution < 1.29 is 9.32 Å². The van der Waals surface area contributed by atoms with Crippen LogP contribution >= 0.6 is 0 Å². The summed E-state index contributed by atoms with van der Waals surface area (Å²) in [6.07, 6.45) is 7.89. The van der Waals surface area contributed by atoms with Gasteiger partial charge in [0.05, 0.1) is 12.2 Å². The van der Waals surface area contributed by atoms with Crippen LogP contribution in [0.3, 0.4) is 0 Å². The summed E-state index contributed by atoms with van der Waals surface area (Å²) in [7, 11) is 1.74. The third-order valence-electron chi connectivity index (χ3n) is 6.09. The first kappa shape index (κ1) is 21.5. The van der Waals surface area contributed by atoms with Crippen molar-refractivity contribution in [2.45, 2.75) is 18.9 Å². The van der Waals surface area contributed by atoms with E-state index in [1.165, 1.54) is 15.3 Å². The molecule has 0 spiro atoms. The Kier molecular flexibility index (Phi) is 5.17. The second kappa shape index (κ2) is 8.65. The number of rotatable bonds is 6. The molecular weight excluding hydrogens is 462 g/mol. The highest BCUT2D eigenvalue weighted by molar-refractivity contribution is 6.00. The number of hydrogen-bond donors (Lipinski definition) is 3. The fourth-order valence-electron chi connectivity index (χ4n) is 4.32. The molecule has 1 aliphatic rings. The zero-order chi connectivity index (χ0) is 24.6. The van der Waals surface area contributed by atoms with Crippen molar-refractivity contribution in [3.05, 3.63) is 88.4 Å². The maximum absolute atomic E-state index is 13.2. The van der Waals surface area contributed by atoms with Crippen LogP contribution in [0.1, 0.15) is 34.1 Å². The molecule has 0 bridgehead atoms. The highest BCUT2D eigenvalue weighted by Gasteiger charge is 2.29. The van der Waals surface area contributed by atoms with E-state index >= 15 is 0 Å². The van der Waals surface area contributed by atoms with E-state index in [1.807, 2.05) is 6.07 Å². The highest BCUT2D eigenvalue weighted by atomic mass is 16.5. The molecule has 1 amide bonds. The van der Waals surface area contributed by atoms with Gasteiger partial charge in [0.2, 0.25) is 0 Å². The van der Waals surface area contributed by atoms with Crippen LogP contribution in [0.2, 0.25) is 0 Å². The predicted molar refractivity (Wildman–Crippen MR) is 131 cm³/mol. The fraction of sp³-hybridized carbons (Fsp3) is 0.167. The topological polar surface area (TPSA) is 144 Å². The number of aryl methyl sites for hydroxylation is 1. The van der Waals surface area contributed by atoms with Gasteiger partial charge in [-0.05, 0) is 37.1 Å². The van der Waals surface area contributed by atoms with Crippen molar-refractivity contribution >= 4 is 28.9 Å². The molecule has 12 heteroatoms. The fourth-order valence-corrected chi connectivity index (χ4v) is 4.32. The molecule has 6 rings (SSSR count). The summed E-state index contributed by atoms with van der Waals surface area (Å²) in [4.78, 5) is 35.1. The van der Waals surface area contributed by atoms with Gasteiger partial charge in [0.15, 0.2) is 5.65 Å². The van der Waals surface area contributed by atoms with Crippen LogP contribution in [0, 0.1) is 0 Å². The summed E-state index contributed by atoms with van der Waals surface area (Å²) in [6.45, 7) is 0. The smallest absolute Gasteiger partial charge is 0.279 e. The Labute approximate surface area is 204 Å². The van der Waals surface area contributed by atoms with Crippen molar-refractivity contribution in [3.8, 4) is 5.82 Å². The molecule has 0 fully saturated rings. The van der Waals surface area contributed by atoms with Crippen LogP contribution in [0.5, 0.6) is 0 Å². The van der Waals surface area contributed by atoms with E-state index in [-0.39, 0.29) is 17.5 Å². The maximum atomic E-state index is 13.2. The van der Waals surface area contributed by atoms with Crippen LogP contribution in [0.15, 0.2) is 70.6 Å². The standard InChI is InChI=1S/C24H21N9O3/c1-25-20-11-18(28-17-5-4-10-32(24(17)35)19-6-2-3-9-26-19)30-22-15(12-27-33(20)22)23(34)29-16-8-7-14-13-36-31-21(14)16/h2-6,9-13,16,25H,7-8H2,1H3,(H,28,30)(H,29,34). The zero-order valence-corrected chi connectivity index (χ0v) is 19.2. The number of nitrogens with one attached hydrogen (secondary N) is 3. The van der Waals surface area contributed by atoms with Crippen molar-refractivity contribution in [1.82, 2.24) is 34.6 Å². The van der Waals surface area contributed by atoms with Gasteiger partial charge in [-0.25, -0.2) is 9.97 Å². The van der Waals surface area contributed by atoms with Crippen LogP contribution in [-0.4, -0.2) is 42.3 Å². The van der Waals surface area contributed by atoms with Crippen molar-refractivity contribution in [3.63, 3.8) is 0 Å². The van der Waals surface area contributed by atoms with Gasteiger partial charge < -0.3 is 20.5 Å². The van der Waals surface area contributed by atoms with Crippen molar-refractivity contribution in [2.24, 2.45) is 0 Å². The Balaban J connectivity index is 1.34. The van der Waals surface area contributed by atoms with E-state index in [2.05, 4.69) is 36.2 Å². The van der Waals surface area contributed by atoms with E-state index in [1.54, 1.807) is 56.0 Å². The summed E-state index contributed by atoms with van der Waals surface area (Å²) >= 11 is 0. The summed E-state index contributed by atoms with van der Waals surface area (Å²) in [5.74, 6) is 1.14. The average Bonchev–Trinajstić information content (AvgIpc) is 3.63. The SMILES string of the molecule is CNc1cc(Nc2cccn(-c3ccccn3)c2=O)nc2c(C(=O)NC3CCc4conc43)cnn12. The van der Waals surface area contributed by atoms with Gasteiger partial charge in [0.25, 0.3) is 11.5 Å². The van der Waals surface area contributed by atoms with E-state index in [9.17, 15) is 9.59 Å². The molecule has 3 N–H and O–H groups in total. The monoisotopic (exact) mass is 483 g/mol. The molecule has 5 aromatic rings. The predicted octanol–water partition coefficient (Wildman–Crippen LogP) is 2.47. The molecule has 36 heavy (non-hydrogen) atoms. The van der Waals surface area contributed by atoms with Gasteiger partial charge in [-0.2, -0.15) is 9.61 Å². The summed E-state index contributed by atoms with van der Waals surface area (Å²) < 4.78 is 8.01. The highest BCUT2D eigenvalue weighted by Crippen LogP contribution is 2.30. The van der Waals surface area contributed by atoms with Gasteiger partial charge in [-0.3, -0.25) is 14.2 Å². The molecular formula is C24H21N9O3. The Morgan fingerprint density at radius 2 is 2.14 bits per heavy atom. The van der Waals surface area contributed by atoms with Crippen molar-refractivity contribution in [1.29, 1.82) is 0 Å². The molecule has 1 atom stereocenters. The molecule has 0 saturated heterocycles. The van der Waals surface area contributed by atoms with Gasteiger partial charge in [0.1, 0.15) is 40.7 Å². The lowest BCUT2D eigenvalue weighted by Gasteiger charge is -2.12. The third-order valence-corrected chi connectivity index (χ3v) is 6.09. The Morgan fingerprint density at radius 3 is 2.97 bits per heavy atom. The Hall–Kier alpha value is -5.00. The van der Waals surface area contributed by atoms with Crippen LogP contribution in [-0.2, 0) is 6.42 Å². The zero-order valence-electron chi connectivity index (χ0n) is 19.2. The van der Waals surface area contributed by atoms with E-state index in [4.69, 9.17) is 4.52 Å². The molecule has 180 valence electrons. The van der Waals surface area contributed by atoms with Crippen LogP contribution < -0.4 is 21.5 Å². The second-order valence-electron chi connectivity index (χ2n) is 8.27.